The molecule has 3 aliphatic heterocycles. The molecule has 1 aliphatic carbocycles. The summed E-state index contributed by atoms with van der Waals surface area (Å²) in [7, 11) is 0. The summed E-state index contributed by atoms with van der Waals surface area (Å²) in [6.45, 7) is 5.07. The van der Waals surface area contributed by atoms with Crippen LogP contribution in [-0.4, -0.2) is 78.9 Å². The minimum Gasteiger partial charge on any atom is -0.381 e. The number of carbonyl (C=O) groups excluding carboxylic acids is 1. The number of halogens is 2. The maximum atomic E-state index is 13.7. The summed E-state index contributed by atoms with van der Waals surface area (Å²) < 4.78 is 30.8. The summed E-state index contributed by atoms with van der Waals surface area (Å²) in [6, 6.07) is 8.24. The van der Waals surface area contributed by atoms with Gasteiger partial charge < -0.3 is 19.5 Å². The highest BCUT2D eigenvalue weighted by Gasteiger charge is 2.53. The Morgan fingerprint density at radius 3 is 2.67 bits per heavy atom. The van der Waals surface area contributed by atoms with Gasteiger partial charge in [0.25, 0.3) is 0 Å². The molecule has 7 rings (SSSR count). The van der Waals surface area contributed by atoms with Gasteiger partial charge >= 0.3 is 0 Å². The van der Waals surface area contributed by atoms with Crippen LogP contribution in [0, 0.1) is 35.4 Å². The van der Waals surface area contributed by atoms with Gasteiger partial charge in [-0.25, -0.2) is 14.4 Å². The van der Waals surface area contributed by atoms with Gasteiger partial charge in [-0.2, -0.15) is 0 Å². The molecule has 4 unspecified atom stereocenters. The number of nitrogens with one attached hydrogen (secondary N) is 1. The van der Waals surface area contributed by atoms with Gasteiger partial charge in [0.1, 0.15) is 18.0 Å². The Kier molecular flexibility index (Phi) is 7.65. The lowest BCUT2D eigenvalue weighted by molar-refractivity contribution is -0.116. The number of benzene rings is 2. The van der Waals surface area contributed by atoms with E-state index in [0.717, 1.165) is 42.8 Å². The Morgan fingerprint density at radius 2 is 1.90 bits per heavy atom. The lowest BCUT2D eigenvalue weighted by Gasteiger charge is -2.24. The van der Waals surface area contributed by atoms with Gasteiger partial charge in [0.05, 0.1) is 49.2 Å². The van der Waals surface area contributed by atoms with Crippen molar-refractivity contribution in [2.75, 3.05) is 51.4 Å². The van der Waals surface area contributed by atoms with Crippen molar-refractivity contribution in [3.05, 3.63) is 70.8 Å². The van der Waals surface area contributed by atoms with E-state index in [2.05, 4.69) is 32.0 Å². The fraction of sp³-hybridized carbons (Fsp3) is 0.406. The minimum absolute atomic E-state index is 0.0111. The van der Waals surface area contributed by atoms with Crippen LogP contribution < -0.4 is 5.32 Å². The van der Waals surface area contributed by atoms with E-state index in [0.29, 0.717) is 54.5 Å². The summed E-state index contributed by atoms with van der Waals surface area (Å²) in [5.74, 6) is 8.15. The molecule has 216 valence electrons. The molecular weight excluding hydrogens is 559 g/mol. The number of aromatic nitrogens is 2. The van der Waals surface area contributed by atoms with Crippen LogP contribution in [0.5, 0.6) is 0 Å². The van der Waals surface area contributed by atoms with E-state index < -0.39 is 5.82 Å². The third kappa shape index (κ3) is 5.78. The standard InChI is InChI=1S/C32H30ClFN4O4/c33-27-13-21(4-6-28(27)34)37-32-24-11-20(10-22(39)2-1-7-38-14-30-31(15-38)42-9-8-41-30)19(12-29(24)35-18-36-32)3-5-23-25-16-40-17-26(23)25/h1-2,4,6,11-13,18,23,25-26,30-31H,7-10,14-17H2,(H,35,36,37)/b2-1+. The largest absolute Gasteiger partial charge is 0.381 e. The van der Waals surface area contributed by atoms with Crippen LogP contribution in [0.1, 0.15) is 11.1 Å². The Bertz CT molecular complexity index is 1600. The minimum atomic E-state index is -0.497. The third-order valence-corrected chi connectivity index (χ3v) is 8.73. The Morgan fingerprint density at radius 1 is 1.12 bits per heavy atom. The van der Waals surface area contributed by atoms with Gasteiger partial charge in [0, 0.05) is 60.4 Å². The molecule has 4 fully saturated rings. The summed E-state index contributed by atoms with van der Waals surface area (Å²) in [6.07, 6.45) is 5.42. The maximum Gasteiger partial charge on any atom is 0.159 e. The number of hydrogen-bond donors (Lipinski definition) is 1. The van der Waals surface area contributed by atoms with E-state index in [1.165, 1.54) is 18.5 Å². The van der Waals surface area contributed by atoms with Crippen LogP contribution in [0.25, 0.3) is 10.9 Å². The number of nitrogens with zero attached hydrogens (tertiary/aromatic N) is 3. The number of allylic oxidation sites excluding steroid dienone is 1. The molecule has 0 spiro atoms. The van der Waals surface area contributed by atoms with Gasteiger partial charge in [-0.05, 0) is 42.0 Å². The Balaban J connectivity index is 1.13. The average molecular weight is 589 g/mol. The van der Waals surface area contributed by atoms with Gasteiger partial charge in [-0.15, -0.1) is 0 Å². The van der Waals surface area contributed by atoms with Crippen molar-refractivity contribution in [3.63, 3.8) is 0 Å². The molecule has 0 radical (unpaired) electrons. The summed E-state index contributed by atoms with van der Waals surface area (Å²) in [5, 5.41) is 3.95. The number of likely N-dealkylation sites (tertiary alicyclic amines) is 1. The molecule has 4 heterocycles. The van der Waals surface area contributed by atoms with E-state index in [4.69, 9.17) is 25.8 Å². The second-order valence-corrected chi connectivity index (χ2v) is 11.7. The lowest BCUT2D eigenvalue weighted by Crippen LogP contribution is -2.36. The van der Waals surface area contributed by atoms with Crippen molar-refractivity contribution in [3.8, 4) is 11.8 Å². The number of ketones is 1. The maximum absolute atomic E-state index is 13.7. The first kappa shape index (κ1) is 27.4. The van der Waals surface area contributed by atoms with Gasteiger partial charge in [-0.3, -0.25) is 9.69 Å². The molecule has 1 N–H and O–H groups in total. The number of rotatable bonds is 7. The van der Waals surface area contributed by atoms with Crippen LogP contribution in [0.3, 0.4) is 0 Å². The Hall–Kier alpha value is -3.39. The normalized spacial score (nSPS) is 26.6. The van der Waals surface area contributed by atoms with Gasteiger partial charge in [0.2, 0.25) is 0 Å². The fourth-order valence-electron chi connectivity index (χ4n) is 6.10. The predicted octanol–water partition coefficient (Wildman–Crippen LogP) is 4.18. The first-order valence-corrected chi connectivity index (χ1v) is 14.6. The van der Waals surface area contributed by atoms with E-state index in [-0.39, 0.29) is 29.4 Å². The molecule has 3 saturated heterocycles. The summed E-state index contributed by atoms with van der Waals surface area (Å²) >= 11 is 5.99. The van der Waals surface area contributed by atoms with Crippen molar-refractivity contribution in [1.82, 2.24) is 14.9 Å². The van der Waals surface area contributed by atoms with Crippen molar-refractivity contribution in [2.24, 2.45) is 17.8 Å². The summed E-state index contributed by atoms with van der Waals surface area (Å²) in [5.41, 5.74) is 2.86. The SMILES string of the molecule is O=C(/C=C/CN1CC2OCCOC2C1)Cc1cc2c(Nc3ccc(F)c(Cl)c3)ncnc2cc1C#CC1C2COCC12. The fourth-order valence-corrected chi connectivity index (χ4v) is 6.28. The molecule has 0 amide bonds. The quantitative estimate of drug-likeness (QED) is 0.325. The van der Waals surface area contributed by atoms with Crippen molar-refractivity contribution in [1.29, 1.82) is 0 Å². The molecule has 4 aliphatic rings. The number of fused-ring (bicyclic) bond motifs is 3. The van der Waals surface area contributed by atoms with E-state index in [1.807, 2.05) is 18.2 Å². The highest BCUT2D eigenvalue weighted by molar-refractivity contribution is 6.31. The first-order valence-electron chi connectivity index (χ1n) is 14.3. The molecule has 0 bridgehead atoms. The lowest BCUT2D eigenvalue weighted by atomic mass is 9.99. The molecule has 10 heteroatoms. The number of ether oxygens (including phenoxy) is 3. The van der Waals surface area contributed by atoms with Gasteiger partial charge in [0.15, 0.2) is 5.78 Å². The van der Waals surface area contributed by atoms with Crippen LogP contribution in [0.4, 0.5) is 15.9 Å². The van der Waals surface area contributed by atoms with Crippen LogP contribution in [-0.2, 0) is 25.4 Å². The molecular formula is C32H30ClFN4O4. The van der Waals surface area contributed by atoms with Crippen LogP contribution in [0.2, 0.25) is 5.02 Å². The van der Waals surface area contributed by atoms with Crippen molar-refractivity contribution in [2.45, 2.75) is 18.6 Å². The summed E-state index contributed by atoms with van der Waals surface area (Å²) in [4.78, 5) is 24.3. The van der Waals surface area contributed by atoms with Crippen molar-refractivity contribution >= 4 is 39.8 Å². The Labute approximate surface area is 248 Å². The van der Waals surface area contributed by atoms with E-state index >= 15 is 0 Å². The van der Waals surface area contributed by atoms with Crippen LogP contribution >= 0.6 is 11.6 Å². The molecule has 42 heavy (non-hydrogen) atoms. The third-order valence-electron chi connectivity index (χ3n) is 8.44. The van der Waals surface area contributed by atoms with Crippen molar-refractivity contribution < 1.29 is 23.4 Å². The zero-order valence-corrected chi connectivity index (χ0v) is 23.6. The first-order chi connectivity index (χ1) is 20.5. The second-order valence-electron chi connectivity index (χ2n) is 11.2. The number of anilines is 2. The molecule has 1 saturated carbocycles. The van der Waals surface area contributed by atoms with Crippen LogP contribution in [0.15, 0.2) is 48.8 Å². The topological polar surface area (TPSA) is 85.8 Å². The smallest absolute Gasteiger partial charge is 0.159 e. The number of carbonyl (C=O) groups is 1. The van der Waals surface area contributed by atoms with E-state index in [9.17, 15) is 9.18 Å². The van der Waals surface area contributed by atoms with E-state index in [1.54, 1.807) is 12.1 Å². The molecule has 2 aromatic carbocycles. The molecule has 1 aromatic heterocycles. The zero-order chi connectivity index (χ0) is 28.6. The molecule has 4 atom stereocenters. The molecule has 3 aromatic rings. The average Bonchev–Trinajstić information content (AvgIpc) is 3.28. The highest BCUT2D eigenvalue weighted by Crippen LogP contribution is 2.50. The zero-order valence-electron chi connectivity index (χ0n) is 22.9. The van der Waals surface area contributed by atoms with Gasteiger partial charge in [-0.1, -0.05) is 29.5 Å². The second kappa shape index (κ2) is 11.7. The highest BCUT2D eigenvalue weighted by atomic mass is 35.5. The predicted molar refractivity (Wildman–Crippen MR) is 156 cm³/mol. The number of hydrogen-bond acceptors (Lipinski definition) is 8. The monoisotopic (exact) mass is 588 g/mol. The molecule has 8 nitrogen and oxygen atoms in total.